The minimum absolute atomic E-state index is 0.121. The summed E-state index contributed by atoms with van der Waals surface area (Å²) in [7, 11) is 1.44. The van der Waals surface area contributed by atoms with Gasteiger partial charge in [-0.05, 0) is 24.1 Å². The van der Waals surface area contributed by atoms with Crippen molar-refractivity contribution in [2.45, 2.75) is 12.5 Å². The summed E-state index contributed by atoms with van der Waals surface area (Å²) in [4.78, 5) is 4.20. The van der Waals surface area contributed by atoms with Crippen molar-refractivity contribution in [2.24, 2.45) is 5.84 Å². The number of thiazole rings is 1. The largest absolute Gasteiger partial charge is 0.494 e. The SMILES string of the molecule is COc1ccc(CC(NN)c2cscn2)cc1F. The lowest BCUT2D eigenvalue weighted by atomic mass is 10.0. The van der Waals surface area contributed by atoms with Crippen LogP contribution in [0.1, 0.15) is 17.3 Å². The summed E-state index contributed by atoms with van der Waals surface area (Å²) in [6.45, 7) is 0. The molecule has 1 aromatic carbocycles. The molecule has 4 nitrogen and oxygen atoms in total. The molecule has 0 aliphatic rings. The van der Waals surface area contributed by atoms with Gasteiger partial charge < -0.3 is 4.74 Å². The molecule has 0 bridgehead atoms. The fourth-order valence-electron chi connectivity index (χ4n) is 1.72. The van der Waals surface area contributed by atoms with E-state index in [1.54, 1.807) is 11.6 Å². The fraction of sp³-hybridized carbons (Fsp3) is 0.250. The molecule has 18 heavy (non-hydrogen) atoms. The Labute approximate surface area is 109 Å². The molecule has 96 valence electrons. The minimum atomic E-state index is -0.371. The second-order valence-electron chi connectivity index (χ2n) is 3.81. The zero-order valence-electron chi connectivity index (χ0n) is 9.89. The van der Waals surface area contributed by atoms with Crippen LogP contribution >= 0.6 is 11.3 Å². The van der Waals surface area contributed by atoms with Gasteiger partial charge in [-0.15, -0.1) is 11.3 Å². The highest BCUT2D eigenvalue weighted by Crippen LogP contribution is 2.22. The number of rotatable bonds is 5. The first kappa shape index (κ1) is 12.9. The summed E-state index contributed by atoms with van der Waals surface area (Å²) in [6.07, 6.45) is 0.571. The summed E-state index contributed by atoms with van der Waals surface area (Å²) < 4.78 is 18.4. The number of nitrogens with two attached hydrogens (primary N) is 1. The Hall–Kier alpha value is -1.50. The Morgan fingerprint density at radius 2 is 2.39 bits per heavy atom. The van der Waals surface area contributed by atoms with Gasteiger partial charge >= 0.3 is 0 Å². The van der Waals surface area contributed by atoms with Crippen LogP contribution in [0.15, 0.2) is 29.1 Å². The standard InChI is InChI=1S/C12H14FN3OS/c1-17-12-3-2-8(4-9(12)13)5-10(16-14)11-6-18-7-15-11/h2-4,6-7,10,16H,5,14H2,1H3. The van der Waals surface area contributed by atoms with E-state index in [1.165, 1.54) is 24.5 Å². The van der Waals surface area contributed by atoms with Crippen LogP contribution < -0.4 is 16.0 Å². The van der Waals surface area contributed by atoms with Crippen LogP contribution in [0, 0.1) is 5.82 Å². The third kappa shape index (κ3) is 2.84. The molecule has 1 atom stereocenters. The summed E-state index contributed by atoms with van der Waals surface area (Å²) in [5, 5.41) is 1.92. The van der Waals surface area contributed by atoms with Crippen molar-refractivity contribution in [1.29, 1.82) is 0 Å². The quantitative estimate of drug-likeness (QED) is 0.643. The van der Waals surface area contributed by atoms with E-state index in [9.17, 15) is 4.39 Å². The highest BCUT2D eigenvalue weighted by atomic mass is 32.1. The van der Waals surface area contributed by atoms with Crippen LogP contribution in [-0.2, 0) is 6.42 Å². The molecule has 2 rings (SSSR count). The van der Waals surface area contributed by atoms with Gasteiger partial charge in [-0.25, -0.2) is 9.37 Å². The smallest absolute Gasteiger partial charge is 0.165 e. The van der Waals surface area contributed by atoms with Crippen LogP contribution in [-0.4, -0.2) is 12.1 Å². The van der Waals surface area contributed by atoms with Crippen molar-refractivity contribution >= 4 is 11.3 Å². The van der Waals surface area contributed by atoms with Gasteiger partial charge in [-0.3, -0.25) is 11.3 Å². The Kier molecular flexibility index (Phi) is 4.24. The zero-order valence-corrected chi connectivity index (χ0v) is 10.7. The van der Waals surface area contributed by atoms with Gasteiger partial charge in [-0.1, -0.05) is 6.07 Å². The van der Waals surface area contributed by atoms with E-state index in [0.29, 0.717) is 6.42 Å². The molecule has 6 heteroatoms. The molecule has 1 heterocycles. The number of nitrogens with one attached hydrogen (secondary N) is 1. The van der Waals surface area contributed by atoms with Crippen molar-refractivity contribution in [3.8, 4) is 5.75 Å². The number of aromatic nitrogens is 1. The number of hydrazine groups is 1. The Balaban J connectivity index is 2.15. The van der Waals surface area contributed by atoms with Crippen LogP contribution in [0.4, 0.5) is 4.39 Å². The normalized spacial score (nSPS) is 12.4. The highest BCUT2D eigenvalue weighted by molar-refractivity contribution is 7.07. The molecule has 0 saturated carbocycles. The van der Waals surface area contributed by atoms with Crippen LogP contribution in [0.5, 0.6) is 5.75 Å². The van der Waals surface area contributed by atoms with E-state index in [4.69, 9.17) is 10.6 Å². The Bertz CT molecular complexity index is 504. The molecule has 1 unspecified atom stereocenters. The summed E-state index contributed by atoms with van der Waals surface area (Å²) in [5.41, 5.74) is 6.13. The summed E-state index contributed by atoms with van der Waals surface area (Å²) in [5.74, 6) is 5.37. The summed E-state index contributed by atoms with van der Waals surface area (Å²) in [6, 6.07) is 4.76. The topological polar surface area (TPSA) is 60.2 Å². The van der Waals surface area contributed by atoms with E-state index in [-0.39, 0.29) is 17.6 Å². The van der Waals surface area contributed by atoms with Crippen molar-refractivity contribution < 1.29 is 9.13 Å². The monoisotopic (exact) mass is 267 g/mol. The average Bonchev–Trinajstić information content (AvgIpc) is 2.90. The van der Waals surface area contributed by atoms with Crippen molar-refractivity contribution in [2.75, 3.05) is 7.11 Å². The molecule has 3 N–H and O–H groups in total. The van der Waals surface area contributed by atoms with Gasteiger partial charge in [0.15, 0.2) is 11.6 Å². The lowest BCUT2D eigenvalue weighted by Crippen LogP contribution is -2.29. The van der Waals surface area contributed by atoms with Gasteiger partial charge in [0, 0.05) is 5.38 Å². The van der Waals surface area contributed by atoms with Gasteiger partial charge in [-0.2, -0.15) is 0 Å². The molecular weight excluding hydrogens is 253 g/mol. The lowest BCUT2D eigenvalue weighted by molar-refractivity contribution is 0.386. The first-order valence-electron chi connectivity index (χ1n) is 5.41. The molecule has 0 fully saturated rings. The number of nitrogens with zero attached hydrogens (tertiary/aromatic N) is 1. The molecule has 0 saturated heterocycles. The van der Waals surface area contributed by atoms with E-state index in [1.807, 2.05) is 11.4 Å². The number of benzene rings is 1. The Morgan fingerprint density at radius 3 is 2.94 bits per heavy atom. The maximum Gasteiger partial charge on any atom is 0.165 e. The predicted octanol–water partition coefficient (Wildman–Crippen LogP) is 2.04. The van der Waals surface area contributed by atoms with E-state index in [0.717, 1.165) is 11.3 Å². The van der Waals surface area contributed by atoms with Crippen LogP contribution in [0.3, 0.4) is 0 Å². The zero-order chi connectivity index (χ0) is 13.0. The molecule has 0 radical (unpaired) electrons. The first-order valence-corrected chi connectivity index (χ1v) is 6.35. The van der Waals surface area contributed by atoms with Crippen LogP contribution in [0.2, 0.25) is 0 Å². The molecule has 2 aromatic rings. The molecule has 1 aromatic heterocycles. The van der Waals surface area contributed by atoms with Crippen molar-refractivity contribution in [1.82, 2.24) is 10.4 Å². The van der Waals surface area contributed by atoms with Crippen molar-refractivity contribution in [3.63, 3.8) is 0 Å². The number of methoxy groups -OCH3 is 1. The molecular formula is C12H14FN3OS. The second kappa shape index (κ2) is 5.90. The number of halogens is 1. The van der Waals surface area contributed by atoms with Crippen LogP contribution in [0.25, 0.3) is 0 Å². The summed E-state index contributed by atoms with van der Waals surface area (Å²) >= 11 is 1.50. The van der Waals surface area contributed by atoms with Gasteiger partial charge in [0.25, 0.3) is 0 Å². The average molecular weight is 267 g/mol. The fourth-order valence-corrected chi connectivity index (χ4v) is 2.32. The van der Waals surface area contributed by atoms with Gasteiger partial charge in [0.2, 0.25) is 0 Å². The molecule has 0 aliphatic carbocycles. The highest BCUT2D eigenvalue weighted by Gasteiger charge is 2.13. The maximum absolute atomic E-state index is 13.6. The Morgan fingerprint density at radius 1 is 1.56 bits per heavy atom. The third-order valence-corrected chi connectivity index (χ3v) is 3.27. The van der Waals surface area contributed by atoms with Gasteiger partial charge in [0.05, 0.1) is 24.4 Å². The third-order valence-electron chi connectivity index (χ3n) is 2.67. The second-order valence-corrected chi connectivity index (χ2v) is 4.52. The van der Waals surface area contributed by atoms with Gasteiger partial charge in [0.1, 0.15) is 0 Å². The maximum atomic E-state index is 13.6. The molecule has 0 amide bonds. The van der Waals surface area contributed by atoms with Crippen molar-refractivity contribution in [3.05, 3.63) is 46.2 Å². The van der Waals surface area contributed by atoms with E-state index in [2.05, 4.69) is 10.4 Å². The first-order chi connectivity index (χ1) is 8.74. The lowest BCUT2D eigenvalue weighted by Gasteiger charge is -2.14. The van der Waals surface area contributed by atoms with E-state index >= 15 is 0 Å². The number of hydrogen-bond acceptors (Lipinski definition) is 5. The predicted molar refractivity (Wildman–Crippen MR) is 68.8 cm³/mol. The molecule has 0 spiro atoms. The van der Waals surface area contributed by atoms with E-state index < -0.39 is 0 Å². The number of hydrogen-bond donors (Lipinski definition) is 2. The number of ether oxygens (including phenoxy) is 1. The molecule has 0 aliphatic heterocycles. The minimum Gasteiger partial charge on any atom is -0.494 e.